The summed E-state index contributed by atoms with van der Waals surface area (Å²) < 4.78 is 47.7. The molecule has 0 aromatic heterocycles. The van der Waals surface area contributed by atoms with Gasteiger partial charge in [-0.2, -0.15) is 4.31 Å². The third-order valence-corrected chi connectivity index (χ3v) is 8.71. The number of hydrogen-bond donors (Lipinski definition) is 0. The first kappa shape index (κ1) is 21.2. The predicted octanol–water partition coefficient (Wildman–Crippen LogP) is 2.08. The van der Waals surface area contributed by atoms with Crippen molar-refractivity contribution < 1.29 is 17.5 Å². The Hall–Kier alpha value is -1.06. The molecule has 6 nitrogen and oxygen atoms in total. The maximum absolute atomic E-state index is 13.9. The first-order chi connectivity index (χ1) is 13.8. The first-order valence-corrected chi connectivity index (χ1v) is 12.1. The lowest BCUT2D eigenvalue weighted by atomic mass is 9.89. The fraction of sp³-hybridized carbons (Fsp3) is 0.714. The minimum Gasteiger partial charge on any atom is -0.370 e. The highest BCUT2D eigenvalue weighted by atomic mass is 32.2. The Morgan fingerprint density at radius 1 is 1.10 bits per heavy atom. The van der Waals surface area contributed by atoms with E-state index in [2.05, 4.69) is 16.8 Å². The van der Waals surface area contributed by atoms with Crippen LogP contribution in [0.5, 0.6) is 0 Å². The Morgan fingerprint density at radius 2 is 1.79 bits per heavy atom. The number of halogens is 1. The molecule has 4 rings (SSSR count). The average Bonchev–Trinajstić information content (AvgIpc) is 3.08. The number of nitrogens with zero attached hydrogens (tertiary/aromatic N) is 3. The van der Waals surface area contributed by atoms with Gasteiger partial charge >= 0.3 is 0 Å². The normalized spacial score (nSPS) is 26.9. The second kappa shape index (κ2) is 8.23. The maximum atomic E-state index is 13.9. The maximum Gasteiger partial charge on any atom is 0.243 e. The topological polar surface area (TPSA) is 53.1 Å². The van der Waals surface area contributed by atoms with E-state index < -0.39 is 15.8 Å². The van der Waals surface area contributed by atoms with Gasteiger partial charge in [0.1, 0.15) is 5.82 Å². The molecule has 1 spiro atoms. The number of piperazine rings is 1. The molecule has 0 amide bonds. The third-order valence-electron chi connectivity index (χ3n) is 6.81. The number of likely N-dealkylation sites (N-methyl/N-ethyl adjacent to an activating group) is 1. The Kier molecular flexibility index (Phi) is 6.01. The molecule has 1 unspecified atom stereocenters. The van der Waals surface area contributed by atoms with Crippen LogP contribution in [0.3, 0.4) is 0 Å². The molecular formula is C21H32FN3O3S. The number of hydrogen-bond acceptors (Lipinski definition) is 5. The summed E-state index contributed by atoms with van der Waals surface area (Å²) in [5.41, 5.74) is 0.259. The number of ether oxygens (including phenoxy) is 1. The minimum absolute atomic E-state index is 0.0387. The van der Waals surface area contributed by atoms with Crippen LogP contribution in [0.25, 0.3) is 0 Å². The zero-order valence-corrected chi connectivity index (χ0v) is 18.3. The highest BCUT2D eigenvalue weighted by Gasteiger charge is 2.45. The lowest BCUT2D eigenvalue weighted by Gasteiger charge is -2.39. The van der Waals surface area contributed by atoms with Crippen LogP contribution in [-0.2, 0) is 14.8 Å². The molecule has 29 heavy (non-hydrogen) atoms. The molecule has 3 aliphatic rings. The molecule has 0 bridgehead atoms. The fourth-order valence-electron chi connectivity index (χ4n) is 4.73. The van der Waals surface area contributed by atoms with Gasteiger partial charge in [-0.1, -0.05) is 6.07 Å². The quantitative estimate of drug-likeness (QED) is 0.739. The highest BCUT2D eigenvalue weighted by Crippen LogP contribution is 2.40. The van der Waals surface area contributed by atoms with Crippen molar-refractivity contribution in [2.45, 2.75) is 49.2 Å². The van der Waals surface area contributed by atoms with Crippen molar-refractivity contribution in [2.75, 3.05) is 52.9 Å². The van der Waals surface area contributed by atoms with Gasteiger partial charge in [-0.3, -0.25) is 4.90 Å². The number of aryl methyl sites for hydroxylation is 1. The van der Waals surface area contributed by atoms with Gasteiger partial charge in [0.05, 0.1) is 16.6 Å². The summed E-state index contributed by atoms with van der Waals surface area (Å²) >= 11 is 0. The van der Waals surface area contributed by atoms with E-state index in [4.69, 9.17) is 4.74 Å². The number of piperidine rings is 1. The molecule has 3 aliphatic heterocycles. The second-order valence-electron chi connectivity index (χ2n) is 8.88. The van der Waals surface area contributed by atoms with Crippen LogP contribution in [0, 0.1) is 12.7 Å². The Labute approximate surface area is 173 Å². The third kappa shape index (κ3) is 4.51. The summed E-state index contributed by atoms with van der Waals surface area (Å²) in [6, 6.07) is 4.15. The zero-order chi connectivity index (χ0) is 20.6. The number of benzene rings is 1. The largest absolute Gasteiger partial charge is 0.370 e. The molecule has 3 saturated heterocycles. The van der Waals surface area contributed by atoms with Crippen LogP contribution in [0.4, 0.5) is 4.39 Å². The van der Waals surface area contributed by atoms with Gasteiger partial charge in [0.25, 0.3) is 0 Å². The molecule has 8 heteroatoms. The summed E-state index contributed by atoms with van der Waals surface area (Å²) in [6.45, 7) is 7.84. The van der Waals surface area contributed by atoms with Crippen molar-refractivity contribution in [2.24, 2.45) is 0 Å². The van der Waals surface area contributed by atoms with E-state index in [1.807, 2.05) is 0 Å². The molecule has 0 aliphatic carbocycles. The molecule has 0 N–H and O–H groups in total. The van der Waals surface area contributed by atoms with Gasteiger partial charge in [0.15, 0.2) is 0 Å². The van der Waals surface area contributed by atoms with Crippen LogP contribution >= 0.6 is 0 Å². The summed E-state index contributed by atoms with van der Waals surface area (Å²) in [5, 5.41) is 0. The molecule has 0 radical (unpaired) electrons. The van der Waals surface area contributed by atoms with E-state index >= 15 is 0 Å². The average molecular weight is 426 g/mol. The van der Waals surface area contributed by atoms with Crippen molar-refractivity contribution in [1.29, 1.82) is 0 Å². The van der Waals surface area contributed by atoms with E-state index in [1.165, 1.54) is 16.4 Å². The fourth-order valence-corrected chi connectivity index (χ4v) is 6.18. The molecule has 1 atom stereocenters. The number of rotatable bonds is 4. The smallest absolute Gasteiger partial charge is 0.243 e. The van der Waals surface area contributed by atoms with Crippen molar-refractivity contribution in [3.8, 4) is 0 Å². The molecule has 1 aromatic rings. The van der Waals surface area contributed by atoms with Crippen LogP contribution in [0.15, 0.2) is 23.1 Å². The van der Waals surface area contributed by atoms with Gasteiger partial charge < -0.3 is 9.64 Å². The van der Waals surface area contributed by atoms with Crippen LogP contribution < -0.4 is 0 Å². The summed E-state index contributed by atoms with van der Waals surface area (Å²) in [5.74, 6) is -0.481. The highest BCUT2D eigenvalue weighted by molar-refractivity contribution is 7.89. The summed E-state index contributed by atoms with van der Waals surface area (Å²) in [4.78, 5) is 4.87. The van der Waals surface area contributed by atoms with Gasteiger partial charge in [0, 0.05) is 45.8 Å². The van der Waals surface area contributed by atoms with Crippen molar-refractivity contribution in [1.82, 2.24) is 14.1 Å². The van der Waals surface area contributed by atoms with Gasteiger partial charge in [0.2, 0.25) is 10.0 Å². The van der Waals surface area contributed by atoms with Crippen LogP contribution in [0.2, 0.25) is 0 Å². The molecule has 162 valence electrons. The van der Waals surface area contributed by atoms with Gasteiger partial charge in [-0.05, 0) is 57.4 Å². The van der Waals surface area contributed by atoms with Crippen molar-refractivity contribution in [3.05, 3.63) is 29.6 Å². The standard InChI is InChI=1S/C21H32FN3O3S/c1-17-3-4-19(15-20(17)22)29(26,27)25-9-7-21(8-10-25)6-5-18(28-21)16-24-13-11-23(2)12-14-24/h3-4,15,18H,5-14,16H2,1-2H3. The molecule has 0 saturated carbocycles. The molecular weight excluding hydrogens is 393 g/mol. The second-order valence-corrected chi connectivity index (χ2v) is 10.8. The molecule has 1 aromatic carbocycles. The predicted molar refractivity (Wildman–Crippen MR) is 110 cm³/mol. The summed E-state index contributed by atoms with van der Waals surface area (Å²) in [6.07, 6.45) is 3.70. The molecule has 3 heterocycles. The molecule has 3 fully saturated rings. The van der Waals surface area contributed by atoms with Crippen molar-refractivity contribution in [3.63, 3.8) is 0 Å². The first-order valence-electron chi connectivity index (χ1n) is 10.6. The zero-order valence-electron chi connectivity index (χ0n) is 17.4. The monoisotopic (exact) mass is 425 g/mol. The van der Waals surface area contributed by atoms with E-state index in [-0.39, 0.29) is 16.6 Å². The minimum atomic E-state index is -3.66. The van der Waals surface area contributed by atoms with E-state index in [0.717, 1.165) is 51.6 Å². The lowest BCUT2D eigenvalue weighted by Crippen LogP contribution is -2.49. The summed E-state index contributed by atoms with van der Waals surface area (Å²) in [7, 11) is -1.51. The Bertz CT molecular complexity index is 832. The van der Waals surface area contributed by atoms with Crippen molar-refractivity contribution >= 4 is 10.0 Å². The van der Waals surface area contributed by atoms with Crippen LogP contribution in [-0.4, -0.2) is 87.1 Å². The van der Waals surface area contributed by atoms with Gasteiger partial charge in [-0.15, -0.1) is 0 Å². The Balaban J connectivity index is 1.33. The lowest BCUT2D eigenvalue weighted by molar-refractivity contribution is -0.0777. The SMILES string of the molecule is Cc1ccc(S(=O)(=O)N2CCC3(CCC(CN4CCN(C)CC4)O3)CC2)cc1F. The van der Waals surface area contributed by atoms with E-state index in [0.29, 0.717) is 31.5 Å². The Morgan fingerprint density at radius 3 is 2.45 bits per heavy atom. The number of sulfonamides is 1. The van der Waals surface area contributed by atoms with E-state index in [1.54, 1.807) is 6.92 Å². The van der Waals surface area contributed by atoms with Crippen LogP contribution in [0.1, 0.15) is 31.2 Å². The van der Waals surface area contributed by atoms with Gasteiger partial charge in [-0.25, -0.2) is 12.8 Å². The van der Waals surface area contributed by atoms with E-state index in [9.17, 15) is 12.8 Å².